The second kappa shape index (κ2) is 10.6. The molecule has 2 fully saturated rings. The molecule has 10 nitrogen and oxygen atoms in total. The van der Waals surface area contributed by atoms with E-state index in [9.17, 15) is 14.4 Å². The molecule has 4 atom stereocenters. The fourth-order valence-electron chi connectivity index (χ4n) is 4.30. The van der Waals surface area contributed by atoms with Gasteiger partial charge in [0.1, 0.15) is 11.6 Å². The van der Waals surface area contributed by atoms with Gasteiger partial charge in [-0.1, -0.05) is 18.7 Å². The number of nitrogens with one attached hydrogen (secondary N) is 1. The SMILES string of the molecule is CC1OCOC(=O)C1[C@@H]1NC(C(=O)OCOC(=O)C(C)(C)C)=C(SC2CN(C3=NCCS3)C2)[C@@H]1C. The first-order chi connectivity index (χ1) is 16.6. The van der Waals surface area contributed by atoms with Crippen molar-refractivity contribution in [2.24, 2.45) is 22.2 Å². The van der Waals surface area contributed by atoms with E-state index in [0.717, 1.165) is 35.5 Å². The lowest BCUT2D eigenvalue weighted by Crippen LogP contribution is -2.51. The average Bonchev–Trinajstić information content (AvgIpc) is 3.38. The van der Waals surface area contributed by atoms with Gasteiger partial charge in [-0.3, -0.25) is 14.6 Å². The van der Waals surface area contributed by atoms with Crippen LogP contribution in [-0.4, -0.2) is 84.3 Å². The lowest BCUT2D eigenvalue weighted by molar-refractivity contribution is -0.195. The van der Waals surface area contributed by atoms with Crippen molar-refractivity contribution in [3.63, 3.8) is 0 Å². The summed E-state index contributed by atoms with van der Waals surface area (Å²) in [5, 5.41) is 4.60. The number of carbonyl (C=O) groups excluding carboxylic acids is 3. The summed E-state index contributed by atoms with van der Waals surface area (Å²) in [6.45, 7) is 11.0. The van der Waals surface area contributed by atoms with Crippen molar-refractivity contribution >= 4 is 46.6 Å². The van der Waals surface area contributed by atoms with Crippen LogP contribution < -0.4 is 5.32 Å². The minimum atomic E-state index is -0.701. The maximum absolute atomic E-state index is 13.1. The molecule has 0 saturated carbocycles. The Morgan fingerprint density at radius 3 is 2.63 bits per heavy atom. The Morgan fingerprint density at radius 2 is 2.00 bits per heavy atom. The third-order valence-electron chi connectivity index (χ3n) is 6.38. The van der Waals surface area contributed by atoms with E-state index >= 15 is 0 Å². The molecule has 0 spiro atoms. The molecule has 0 aromatic carbocycles. The number of rotatable bonds is 6. The third-order valence-corrected chi connectivity index (χ3v) is 8.88. The van der Waals surface area contributed by atoms with Gasteiger partial charge in [0.25, 0.3) is 0 Å². The Bertz CT molecular complexity index is 927. The van der Waals surface area contributed by atoms with Crippen molar-refractivity contribution in [2.75, 3.05) is 39.0 Å². The number of ether oxygens (including phenoxy) is 4. The quantitative estimate of drug-likeness (QED) is 0.404. The molecule has 4 aliphatic rings. The average molecular weight is 528 g/mol. The van der Waals surface area contributed by atoms with E-state index < -0.39 is 30.1 Å². The predicted octanol–water partition coefficient (Wildman–Crippen LogP) is 1.95. The van der Waals surface area contributed by atoms with Gasteiger partial charge in [-0.05, 0) is 27.7 Å². The Kier molecular flexibility index (Phi) is 7.92. The molecule has 0 aromatic rings. The molecule has 1 N–H and O–H groups in total. The maximum atomic E-state index is 13.1. The number of cyclic esters (lactones) is 1. The van der Waals surface area contributed by atoms with Crippen LogP contribution in [0.25, 0.3) is 0 Å². The first-order valence-corrected chi connectivity index (χ1v) is 13.6. The van der Waals surface area contributed by atoms with Crippen molar-refractivity contribution in [3.8, 4) is 0 Å². The largest absolute Gasteiger partial charge is 0.438 e. The Hall–Kier alpha value is -1.92. The number of amidine groups is 1. The second-order valence-electron chi connectivity index (χ2n) is 10.1. The van der Waals surface area contributed by atoms with Gasteiger partial charge in [0.05, 0.1) is 18.1 Å². The van der Waals surface area contributed by atoms with Gasteiger partial charge < -0.3 is 29.2 Å². The number of hydrogen-bond donors (Lipinski definition) is 1. The number of hydrogen-bond acceptors (Lipinski definition) is 12. The Balaban J connectivity index is 1.45. The number of aliphatic imine (C=N–C) groups is 1. The molecular formula is C23H33N3O7S2. The number of esters is 3. The van der Waals surface area contributed by atoms with Gasteiger partial charge in [-0.15, -0.1) is 11.8 Å². The molecule has 35 heavy (non-hydrogen) atoms. The lowest BCUT2D eigenvalue weighted by Gasteiger charge is -2.40. The van der Waals surface area contributed by atoms with Crippen LogP contribution >= 0.6 is 23.5 Å². The fourth-order valence-corrected chi connectivity index (χ4v) is 6.67. The number of thioether (sulfide) groups is 2. The maximum Gasteiger partial charge on any atom is 0.358 e. The topological polar surface area (TPSA) is 116 Å². The van der Waals surface area contributed by atoms with Crippen LogP contribution in [0.4, 0.5) is 0 Å². The normalized spacial score (nSPS) is 29.3. The highest BCUT2D eigenvalue weighted by atomic mass is 32.2. The zero-order chi connectivity index (χ0) is 25.3. The van der Waals surface area contributed by atoms with Crippen molar-refractivity contribution in [3.05, 3.63) is 10.6 Å². The van der Waals surface area contributed by atoms with E-state index in [1.54, 1.807) is 44.3 Å². The van der Waals surface area contributed by atoms with E-state index in [1.165, 1.54) is 0 Å². The molecule has 12 heteroatoms. The van der Waals surface area contributed by atoms with Crippen molar-refractivity contribution < 1.29 is 33.3 Å². The molecule has 4 heterocycles. The van der Waals surface area contributed by atoms with E-state index in [2.05, 4.69) is 15.2 Å². The molecule has 4 rings (SSSR count). The molecule has 0 amide bonds. The zero-order valence-corrected chi connectivity index (χ0v) is 22.3. The van der Waals surface area contributed by atoms with Gasteiger partial charge in [-0.25, -0.2) is 4.79 Å². The van der Waals surface area contributed by atoms with Crippen LogP contribution in [-0.2, 0) is 33.3 Å². The second-order valence-corrected chi connectivity index (χ2v) is 12.5. The summed E-state index contributed by atoms with van der Waals surface area (Å²) >= 11 is 3.40. The van der Waals surface area contributed by atoms with Crippen LogP contribution in [0.3, 0.4) is 0 Å². The minimum Gasteiger partial charge on any atom is -0.438 e. The summed E-state index contributed by atoms with van der Waals surface area (Å²) < 4.78 is 21.1. The third kappa shape index (κ3) is 5.75. The zero-order valence-electron chi connectivity index (χ0n) is 20.7. The van der Waals surface area contributed by atoms with E-state index in [0.29, 0.717) is 5.70 Å². The van der Waals surface area contributed by atoms with Crippen molar-refractivity contribution in [1.29, 1.82) is 0 Å². The number of nitrogens with zero attached hydrogens (tertiary/aromatic N) is 2. The summed E-state index contributed by atoms with van der Waals surface area (Å²) in [7, 11) is 0. The highest BCUT2D eigenvalue weighted by Gasteiger charge is 2.48. The lowest BCUT2D eigenvalue weighted by atomic mass is 9.87. The summed E-state index contributed by atoms with van der Waals surface area (Å²) in [5.74, 6) is -1.12. The predicted molar refractivity (Wildman–Crippen MR) is 132 cm³/mol. The van der Waals surface area contributed by atoms with Crippen LogP contribution in [0.1, 0.15) is 34.6 Å². The van der Waals surface area contributed by atoms with Crippen LogP contribution in [0, 0.1) is 17.3 Å². The van der Waals surface area contributed by atoms with E-state index in [1.807, 2.05) is 13.8 Å². The highest BCUT2D eigenvalue weighted by molar-refractivity contribution is 8.14. The summed E-state index contributed by atoms with van der Waals surface area (Å²) in [5.41, 5.74) is -0.399. The molecule has 4 aliphatic heterocycles. The first-order valence-electron chi connectivity index (χ1n) is 11.8. The van der Waals surface area contributed by atoms with Crippen molar-refractivity contribution in [2.45, 2.75) is 52.0 Å². The minimum absolute atomic E-state index is 0.0690. The van der Waals surface area contributed by atoms with Gasteiger partial charge in [0, 0.05) is 41.0 Å². The first kappa shape index (κ1) is 26.2. The Labute approximate surface area is 213 Å². The van der Waals surface area contributed by atoms with E-state index in [-0.39, 0.29) is 36.1 Å². The smallest absolute Gasteiger partial charge is 0.358 e. The highest BCUT2D eigenvalue weighted by Crippen LogP contribution is 2.43. The van der Waals surface area contributed by atoms with Gasteiger partial charge in [0.15, 0.2) is 12.0 Å². The summed E-state index contributed by atoms with van der Waals surface area (Å²) in [4.78, 5) is 45.3. The molecule has 0 radical (unpaired) electrons. The molecule has 0 aromatic heterocycles. The molecule has 194 valence electrons. The molecule has 0 aliphatic carbocycles. The van der Waals surface area contributed by atoms with Gasteiger partial charge in [0.2, 0.25) is 6.79 Å². The fraction of sp³-hybridized carbons (Fsp3) is 0.739. The Morgan fingerprint density at radius 1 is 1.26 bits per heavy atom. The van der Waals surface area contributed by atoms with E-state index in [4.69, 9.17) is 18.9 Å². The van der Waals surface area contributed by atoms with Crippen LogP contribution in [0.5, 0.6) is 0 Å². The molecular weight excluding hydrogens is 494 g/mol. The van der Waals surface area contributed by atoms with Crippen LogP contribution in [0.15, 0.2) is 15.6 Å². The molecule has 0 bridgehead atoms. The summed E-state index contributed by atoms with van der Waals surface area (Å²) in [6.07, 6.45) is -0.359. The van der Waals surface area contributed by atoms with Crippen molar-refractivity contribution in [1.82, 2.24) is 10.2 Å². The van der Waals surface area contributed by atoms with Gasteiger partial charge >= 0.3 is 17.9 Å². The van der Waals surface area contributed by atoms with Gasteiger partial charge in [-0.2, -0.15) is 0 Å². The monoisotopic (exact) mass is 527 g/mol. The summed E-state index contributed by atoms with van der Waals surface area (Å²) in [6, 6.07) is -0.383. The standard InChI is InChI=1S/C23H33N3O7S2/c1-12-16(15-13(2)30-10-31-19(15)27)25-17(20(28)32-11-33-21(29)23(3,4)5)18(12)35-14-8-26(9-14)22-24-6-7-34-22/h12-16,25H,6-11H2,1-5H3/t12-,13?,15?,16-/m1/s1. The molecule has 2 unspecified atom stereocenters. The number of likely N-dealkylation sites (tertiary alicyclic amines) is 1. The van der Waals surface area contributed by atoms with Crippen LogP contribution in [0.2, 0.25) is 0 Å². The molecule has 2 saturated heterocycles. The number of carbonyl (C=O) groups is 3.